The van der Waals surface area contributed by atoms with E-state index in [-0.39, 0.29) is 0 Å². The highest BCUT2D eigenvalue weighted by atomic mass is 35.5. The number of nitrogen functional groups attached to an aromatic ring is 1. The van der Waals surface area contributed by atoms with Crippen molar-refractivity contribution in [1.82, 2.24) is 4.57 Å². The first-order chi connectivity index (χ1) is 8.74. The van der Waals surface area contributed by atoms with E-state index in [9.17, 15) is 0 Å². The van der Waals surface area contributed by atoms with Crippen LogP contribution in [0.25, 0.3) is 10.9 Å². The lowest BCUT2D eigenvalue weighted by Gasteiger charge is -2.05. The molecule has 0 aliphatic heterocycles. The fraction of sp³-hybridized carbons (Fsp3) is 0.0667. The Kier molecular flexibility index (Phi) is 2.73. The average molecular weight is 257 g/mol. The predicted octanol–water partition coefficient (Wildman–Crippen LogP) is 3.93. The number of aromatic nitrogens is 1. The molecule has 0 radical (unpaired) electrons. The third-order valence-electron chi connectivity index (χ3n) is 3.07. The molecule has 3 aromatic rings. The standard InChI is InChI=1S/C15H13ClN2/c16-14-10-18(15-4-2-1-3-13(14)15)9-11-5-7-12(17)8-6-11/h1-8,10H,9,17H2. The second-order valence-electron chi connectivity index (χ2n) is 4.36. The van der Waals surface area contributed by atoms with Gasteiger partial charge in [-0.1, -0.05) is 41.9 Å². The molecule has 0 aliphatic rings. The summed E-state index contributed by atoms with van der Waals surface area (Å²) in [5.74, 6) is 0. The summed E-state index contributed by atoms with van der Waals surface area (Å²) < 4.78 is 2.16. The van der Waals surface area contributed by atoms with E-state index in [1.807, 2.05) is 48.7 Å². The highest BCUT2D eigenvalue weighted by Crippen LogP contribution is 2.26. The minimum Gasteiger partial charge on any atom is -0.399 e. The lowest BCUT2D eigenvalue weighted by Crippen LogP contribution is -1.97. The summed E-state index contributed by atoms with van der Waals surface area (Å²) in [5, 5.41) is 1.88. The van der Waals surface area contributed by atoms with Crippen LogP contribution in [-0.4, -0.2) is 4.57 Å². The molecular formula is C15H13ClN2. The highest BCUT2D eigenvalue weighted by Gasteiger charge is 2.06. The minimum absolute atomic E-state index is 0.786. The molecule has 0 fully saturated rings. The molecule has 0 atom stereocenters. The van der Waals surface area contributed by atoms with Gasteiger partial charge in [0.15, 0.2) is 0 Å². The van der Waals surface area contributed by atoms with Gasteiger partial charge in [-0.3, -0.25) is 0 Å². The van der Waals surface area contributed by atoms with Crippen LogP contribution in [0.3, 0.4) is 0 Å². The maximum atomic E-state index is 6.23. The van der Waals surface area contributed by atoms with Crippen LogP contribution in [0.5, 0.6) is 0 Å². The molecule has 0 aliphatic carbocycles. The molecule has 2 nitrogen and oxygen atoms in total. The topological polar surface area (TPSA) is 30.9 Å². The Morgan fingerprint density at radius 1 is 1.00 bits per heavy atom. The Morgan fingerprint density at radius 2 is 1.72 bits per heavy atom. The average Bonchev–Trinajstić information content (AvgIpc) is 2.70. The molecule has 0 amide bonds. The van der Waals surface area contributed by atoms with Gasteiger partial charge in [0.1, 0.15) is 0 Å². The Balaban J connectivity index is 2.02. The van der Waals surface area contributed by atoms with Crippen molar-refractivity contribution in [2.45, 2.75) is 6.54 Å². The Hall–Kier alpha value is -1.93. The molecule has 0 saturated carbocycles. The normalized spacial score (nSPS) is 10.9. The Labute approximate surface area is 111 Å². The number of nitrogens with zero attached hydrogens (tertiary/aromatic N) is 1. The van der Waals surface area contributed by atoms with Gasteiger partial charge in [-0.2, -0.15) is 0 Å². The first kappa shape index (κ1) is 11.2. The summed E-state index contributed by atoms with van der Waals surface area (Å²) in [4.78, 5) is 0. The minimum atomic E-state index is 0.786. The number of anilines is 1. The van der Waals surface area contributed by atoms with Crippen molar-refractivity contribution in [1.29, 1.82) is 0 Å². The van der Waals surface area contributed by atoms with Gasteiger partial charge < -0.3 is 10.3 Å². The van der Waals surface area contributed by atoms with Crippen molar-refractivity contribution in [3.8, 4) is 0 Å². The van der Waals surface area contributed by atoms with E-state index in [1.54, 1.807) is 0 Å². The maximum Gasteiger partial charge on any atom is 0.0661 e. The van der Waals surface area contributed by atoms with E-state index >= 15 is 0 Å². The van der Waals surface area contributed by atoms with Gasteiger partial charge in [0.05, 0.1) is 5.02 Å². The predicted molar refractivity (Wildman–Crippen MR) is 76.9 cm³/mol. The van der Waals surface area contributed by atoms with E-state index in [0.717, 1.165) is 28.2 Å². The van der Waals surface area contributed by atoms with Crippen molar-refractivity contribution in [2.24, 2.45) is 0 Å². The van der Waals surface area contributed by atoms with Crippen LogP contribution in [0.1, 0.15) is 5.56 Å². The molecule has 3 heteroatoms. The lowest BCUT2D eigenvalue weighted by molar-refractivity contribution is 0.837. The summed E-state index contributed by atoms with van der Waals surface area (Å²) in [5.41, 5.74) is 8.84. The van der Waals surface area contributed by atoms with E-state index in [4.69, 9.17) is 17.3 Å². The SMILES string of the molecule is Nc1ccc(Cn2cc(Cl)c3ccccc32)cc1. The van der Waals surface area contributed by atoms with Gasteiger partial charge in [0, 0.05) is 29.3 Å². The van der Waals surface area contributed by atoms with Crippen molar-refractivity contribution < 1.29 is 0 Å². The first-order valence-corrected chi connectivity index (χ1v) is 6.19. The number of halogens is 1. The summed E-state index contributed by atoms with van der Waals surface area (Å²) in [6.07, 6.45) is 1.97. The zero-order chi connectivity index (χ0) is 12.5. The molecule has 18 heavy (non-hydrogen) atoms. The number of hydrogen-bond acceptors (Lipinski definition) is 1. The van der Waals surface area contributed by atoms with Crippen LogP contribution in [0, 0.1) is 0 Å². The lowest BCUT2D eigenvalue weighted by atomic mass is 10.2. The second-order valence-corrected chi connectivity index (χ2v) is 4.77. The summed E-state index contributed by atoms with van der Waals surface area (Å²) in [6.45, 7) is 0.799. The van der Waals surface area contributed by atoms with Crippen LogP contribution >= 0.6 is 11.6 Å². The van der Waals surface area contributed by atoms with Crippen LogP contribution in [-0.2, 0) is 6.54 Å². The Bertz CT molecular complexity index is 683. The fourth-order valence-corrected chi connectivity index (χ4v) is 2.43. The van der Waals surface area contributed by atoms with E-state index in [1.165, 1.54) is 5.56 Å². The van der Waals surface area contributed by atoms with Gasteiger partial charge in [0.25, 0.3) is 0 Å². The van der Waals surface area contributed by atoms with Crippen LogP contribution in [0.2, 0.25) is 5.02 Å². The number of hydrogen-bond donors (Lipinski definition) is 1. The maximum absolute atomic E-state index is 6.23. The zero-order valence-corrected chi connectivity index (χ0v) is 10.6. The van der Waals surface area contributed by atoms with Gasteiger partial charge in [-0.15, -0.1) is 0 Å². The number of benzene rings is 2. The van der Waals surface area contributed by atoms with Crippen molar-refractivity contribution >= 4 is 28.2 Å². The monoisotopic (exact) mass is 256 g/mol. The third-order valence-corrected chi connectivity index (χ3v) is 3.37. The van der Waals surface area contributed by atoms with Gasteiger partial charge in [-0.25, -0.2) is 0 Å². The molecule has 1 aromatic heterocycles. The summed E-state index contributed by atoms with van der Waals surface area (Å²) >= 11 is 6.23. The van der Waals surface area contributed by atoms with E-state index < -0.39 is 0 Å². The van der Waals surface area contributed by atoms with Crippen molar-refractivity contribution in [3.05, 3.63) is 65.3 Å². The molecule has 2 N–H and O–H groups in total. The van der Waals surface area contributed by atoms with Crippen molar-refractivity contribution in [3.63, 3.8) is 0 Å². The molecule has 3 rings (SSSR count). The smallest absolute Gasteiger partial charge is 0.0661 e. The quantitative estimate of drug-likeness (QED) is 0.692. The molecular weight excluding hydrogens is 244 g/mol. The van der Waals surface area contributed by atoms with Crippen LogP contribution < -0.4 is 5.73 Å². The number of nitrogens with two attached hydrogens (primary N) is 1. The highest BCUT2D eigenvalue weighted by molar-refractivity contribution is 6.35. The number of fused-ring (bicyclic) bond motifs is 1. The molecule has 2 aromatic carbocycles. The number of rotatable bonds is 2. The van der Waals surface area contributed by atoms with Gasteiger partial charge in [0.2, 0.25) is 0 Å². The van der Waals surface area contributed by atoms with Crippen LogP contribution in [0.15, 0.2) is 54.7 Å². The van der Waals surface area contributed by atoms with E-state index in [0.29, 0.717) is 0 Å². The van der Waals surface area contributed by atoms with Crippen molar-refractivity contribution in [2.75, 3.05) is 5.73 Å². The fourth-order valence-electron chi connectivity index (χ4n) is 2.15. The third kappa shape index (κ3) is 1.95. The van der Waals surface area contributed by atoms with Crippen LogP contribution in [0.4, 0.5) is 5.69 Å². The largest absolute Gasteiger partial charge is 0.399 e. The molecule has 0 saturated heterocycles. The number of para-hydroxylation sites is 1. The van der Waals surface area contributed by atoms with Gasteiger partial charge in [-0.05, 0) is 23.8 Å². The summed E-state index contributed by atoms with van der Waals surface area (Å²) in [7, 11) is 0. The van der Waals surface area contributed by atoms with Gasteiger partial charge >= 0.3 is 0 Å². The molecule has 0 unspecified atom stereocenters. The molecule has 90 valence electrons. The first-order valence-electron chi connectivity index (χ1n) is 5.82. The Morgan fingerprint density at radius 3 is 2.50 bits per heavy atom. The zero-order valence-electron chi connectivity index (χ0n) is 9.81. The molecule has 0 bridgehead atoms. The molecule has 0 spiro atoms. The second kappa shape index (κ2) is 4.39. The van der Waals surface area contributed by atoms with E-state index in [2.05, 4.69) is 10.6 Å². The molecule has 1 heterocycles. The summed E-state index contributed by atoms with van der Waals surface area (Å²) in [6, 6.07) is 16.1.